The number of aromatic amines is 2. The maximum absolute atomic E-state index is 11.5. The van der Waals surface area contributed by atoms with Gasteiger partial charge in [-0.25, -0.2) is 0 Å². The molecule has 106 valence electrons. The molecule has 0 unspecified atom stereocenters. The Morgan fingerprint density at radius 1 is 0.700 bits per heavy atom. The maximum atomic E-state index is 11.5. The van der Waals surface area contributed by atoms with Crippen LogP contribution in [-0.2, 0) is 12.8 Å². The Morgan fingerprint density at radius 3 is 1.55 bits per heavy atom. The lowest BCUT2D eigenvalue weighted by Crippen LogP contribution is -2.11. The number of pyridine rings is 2. The van der Waals surface area contributed by atoms with Gasteiger partial charge in [0.2, 0.25) is 0 Å². The van der Waals surface area contributed by atoms with Crippen LogP contribution in [0, 0.1) is 0 Å². The topological polar surface area (TPSA) is 65.7 Å². The van der Waals surface area contributed by atoms with E-state index in [9.17, 15) is 9.59 Å². The summed E-state index contributed by atoms with van der Waals surface area (Å²) in [6.07, 6.45) is 9.14. The van der Waals surface area contributed by atoms with E-state index in [-0.39, 0.29) is 11.1 Å². The first-order valence-electron chi connectivity index (χ1n) is 7.10. The molecule has 2 N–H and O–H groups in total. The number of hydrogen-bond acceptors (Lipinski definition) is 2. The van der Waals surface area contributed by atoms with Crippen LogP contribution in [0.4, 0.5) is 0 Å². The summed E-state index contributed by atoms with van der Waals surface area (Å²) in [5, 5.41) is 0. The van der Waals surface area contributed by atoms with Crippen LogP contribution < -0.4 is 11.1 Å². The molecule has 0 saturated heterocycles. The fraction of sp³-hybridized carbons (Fsp3) is 0.375. The highest BCUT2D eigenvalue weighted by atomic mass is 16.1. The van der Waals surface area contributed by atoms with Gasteiger partial charge in [0.25, 0.3) is 11.1 Å². The summed E-state index contributed by atoms with van der Waals surface area (Å²) in [6.45, 7) is 0. The van der Waals surface area contributed by atoms with Gasteiger partial charge in [0.1, 0.15) is 0 Å². The molecule has 0 radical (unpaired) electrons. The van der Waals surface area contributed by atoms with E-state index in [0.29, 0.717) is 0 Å². The summed E-state index contributed by atoms with van der Waals surface area (Å²) in [5.41, 5.74) is 1.74. The summed E-state index contributed by atoms with van der Waals surface area (Å²) in [7, 11) is 0. The third kappa shape index (κ3) is 4.23. The number of nitrogens with one attached hydrogen (secondary N) is 2. The summed E-state index contributed by atoms with van der Waals surface area (Å²) in [6, 6.07) is 7.47. The number of aromatic nitrogens is 2. The first-order valence-corrected chi connectivity index (χ1v) is 7.10. The predicted octanol–water partition coefficient (Wildman–Crippen LogP) is 2.41. The summed E-state index contributed by atoms with van der Waals surface area (Å²) in [5.74, 6) is 0. The normalized spacial score (nSPS) is 10.6. The minimum atomic E-state index is 0.0170. The third-order valence-corrected chi connectivity index (χ3v) is 3.44. The van der Waals surface area contributed by atoms with E-state index in [1.54, 1.807) is 12.4 Å². The molecule has 20 heavy (non-hydrogen) atoms. The van der Waals surface area contributed by atoms with Gasteiger partial charge in [-0.3, -0.25) is 9.59 Å². The van der Waals surface area contributed by atoms with Crippen molar-refractivity contribution in [3.05, 3.63) is 68.5 Å². The van der Waals surface area contributed by atoms with Crippen molar-refractivity contribution < 1.29 is 0 Å². The minimum Gasteiger partial charge on any atom is -0.329 e. The van der Waals surface area contributed by atoms with Crippen LogP contribution in [0.3, 0.4) is 0 Å². The lowest BCUT2D eigenvalue weighted by atomic mass is 10.0. The zero-order valence-electron chi connectivity index (χ0n) is 11.5. The van der Waals surface area contributed by atoms with Gasteiger partial charge in [-0.1, -0.05) is 25.0 Å². The van der Waals surface area contributed by atoms with E-state index < -0.39 is 0 Å². The van der Waals surface area contributed by atoms with E-state index in [0.717, 1.165) is 49.7 Å². The van der Waals surface area contributed by atoms with Crippen LogP contribution in [0.15, 0.2) is 46.2 Å². The monoisotopic (exact) mass is 272 g/mol. The minimum absolute atomic E-state index is 0.0170. The largest absolute Gasteiger partial charge is 0.329 e. The van der Waals surface area contributed by atoms with Crippen molar-refractivity contribution in [1.29, 1.82) is 0 Å². The smallest absolute Gasteiger partial charge is 0.251 e. The van der Waals surface area contributed by atoms with Gasteiger partial charge in [-0.15, -0.1) is 0 Å². The van der Waals surface area contributed by atoms with Crippen molar-refractivity contribution in [2.24, 2.45) is 0 Å². The van der Waals surface area contributed by atoms with Crippen LogP contribution in [0.1, 0.15) is 36.8 Å². The van der Waals surface area contributed by atoms with E-state index in [1.165, 1.54) is 0 Å². The first kappa shape index (κ1) is 14.3. The Balaban J connectivity index is 1.65. The molecule has 0 aliphatic heterocycles. The fourth-order valence-corrected chi connectivity index (χ4v) is 2.29. The van der Waals surface area contributed by atoms with E-state index in [1.807, 2.05) is 24.3 Å². The zero-order chi connectivity index (χ0) is 14.2. The Kier molecular flexibility index (Phi) is 5.35. The fourth-order valence-electron chi connectivity index (χ4n) is 2.29. The van der Waals surface area contributed by atoms with Crippen molar-refractivity contribution in [3.8, 4) is 0 Å². The van der Waals surface area contributed by atoms with Gasteiger partial charge in [0.05, 0.1) is 0 Å². The number of rotatable bonds is 7. The zero-order valence-corrected chi connectivity index (χ0v) is 11.5. The highest BCUT2D eigenvalue weighted by Gasteiger charge is 2.00. The molecule has 0 spiro atoms. The summed E-state index contributed by atoms with van der Waals surface area (Å²) >= 11 is 0. The molecule has 0 bridgehead atoms. The molecule has 2 aromatic rings. The molecule has 2 aromatic heterocycles. The SMILES string of the molecule is O=c1[nH]cccc1CCCCCCc1ccc[nH]c1=O. The van der Waals surface area contributed by atoms with Crippen LogP contribution in [0.2, 0.25) is 0 Å². The lowest BCUT2D eigenvalue weighted by Gasteiger charge is -2.02. The maximum Gasteiger partial charge on any atom is 0.251 e. The summed E-state index contributed by atoms with van der Waals surface area (Å²) in [4.78, 5) is 28.3. The van der Waals surface area contributed by atoms with Crippen LogP contribution in [-0.4, -0.2) is 9.97 Å². The Hall–Kier alpha value is -2.10. The molecule has 0 fully saturated rings. The molecular weight excluding hydrogens is 252 g/mol. The Labute approximate surface area is 117 Å². The van der Waals surface area contributed by atoms with Gasteiger partial charge in [-0.2, -0.15) is 0 Å². The second-order valence-corrected chi connectivity index (χ2v) is 4.96. The third-order valence-electron chi connectivity index (χ3n) is 3.44. The van der Waals surface area contributed by atoms with Crippen LogP contribution in [0.25, 0.3) is 0 Å². The summed E-state index contributed by atoms with van der Waals surface area (Å²) < 4.78 is 0. The van der Waals surface area contributed by atoms with E-state index >= 15 is 0 Å². The van der Waals surface area contributed by atoms with Crippen molar-refractivity contribution in [2.75, 3.05) is 0 Å². The number of hydrogen-bond donors (Lipinski definition) is 2. The highest BCUT2D eigenvalue weighted by Crippen LogP contribution is 2.07. The van der Waals surface area contributed by atoms with Crippen molar-refractivity contribution >= 4 is 0 Å². The number of unbranched alkanes of at least 4 members (excludes halogenated alkanes) is 3. The van der Waals surface area contributed by atoms with Gasteiger partial charge in [0.15, 0.2) is 0 Å². The van der Waals surface area contributed by atoms with Crippen molar-refractivity contribution in [3.63, 3.8) is 0 Å². The van der Waals surface area contributed by atoms with Crippen molar-refractivity contribution in [1.82, 2.24) is 9.97 Å². The Morgan fingerprint density at radius 2 is 1.15 bits per heavy atom. The van der Waals surface area contributed by atoms with Crippen LogP contribution >= 0.6 is 0 Å². The van der Waals surface area contributed by atoms with Gasteiger partial charge in [0, 0.05) is 23.5 Å². The molecule has 0 saturated carbocycles. The average Bonchev–Trinajstić information content (AvgIpc) is 2.46. The van der Waals surface area contributed by atoms with Gasteiger partial charge < -0.3 is 9.97 Å². The van der Waals surface area contributed by atoms with Crippen LogP contribution in [0.5, 0.6) is 0 Å². The van der Waals surface area contributed by atoms with Gasteiger partial charge in [-0.05, 0) is 37.8 Å². The van der Waals surface area contributed by atoms with E-state index in [4.69, 9.17) is 0 Å². The molecule has 4 nitrogen and oxygen atoms in total. The quantitative estimate of drug-likeness (QED) is 0.760. The molecule has 0 aliphatic rings. The Bertz CT molecular complexity index is 585. The van der Waals surface area contributed by atoms with Gasteiger partial charge >= 0.3 is 0 Å². The number of aryl methyl sites for hydroxylation is 2. The molecule has 2 rings (SSSR count). The molecule has 0 aliphatic carbocycles. The average molecular weight is 272 g/mol. The molecule has 4 heteroatoms. The molecule has 0 amide bonds. The highest BCUT2D eigenvalue weighted by molar-refractivity contribution is 5.09. The van der Waals surface area contributed by atoms with E-state index in [2.05, 4.69) is 9.97 Å². The molecular formula is C16H20N2O2. The second-order valence-electron chi connectivity index (χ2n) is 4.96. The second kappa shape index (κ2) is 7.48. The molecule has 0 aromatic carbocycles. The first-order chi connectivity index (χ1) is 9.77. The molecule has 0 atom stereocenters. The lowest BCUT2D eigenvalue weighted by molar-refractivity contribution is 0.637. The molecule has 2 heterocycles. The van der Waals surface area contributed by atoms with Crippen molar-refractivity contribution in [2.45, 2.75) is 38.5 Å². The number of H-pyrrole nitrogens is 2. The standard InChI is InChI=1S/C16H20N2O2/c19-15-13(9-5-11-17-15)7-3-1-2-4-8-14-10-6-12-18-16(14)20/h5-6,9-12H,1-4,7-8H2,(H,17,19)(H,18,20). The predicted molar refractivity (Wildman–Crippen MR) is 80.0 cm³/mol.